The summed E-state index contributed by atoms with van der Waals surface area (Å²) in [6.07, 6.45) is 0. The first-order valence-corrected chi connectivity index (χ1v) is 6.88. The van der Waals surface area contributed by atoms with Crippen LogP contribution < -0.4 is 4.74 Å². The van der Waals surface area contributed by atoms with Gasteiger partial charge < -0.3 is 4.74 Å². The molecule has 0 spiro atoms. The third-order valence-corrected chi connectivity index (χ3v) is 3.02. The smallest absolute Gasteiger partial charge is 0.261 e. The van der Waals surface area contributed by atoms with E-state index in [4.69, 9.17) is 15.4 Å². The highest BCUT2D eigenvalue weighted by Gasteiger charge is 2.10. The molecular weight excluding hydrogens is 236 g/mol. The number of hydrogen-bond acceptors (Lipinski definition) is 3. The van der Waals surface area contributed by atoms with Crippen LogP contribution in [0.3, 0.4) is 0 Å². The first-order chi connectivity index (χ1) is 6.89. The lowest BCUT2D eigenvalue weighted by Gasteiger charge is -2.08. The Morgan fingerprint density at radius 1 is 1.40 bits per heavy atom. The van der Waals surface area contributed by atoms with Gasteiger partial charge >= 0.3 is 0 Å². The molecule has 0 bridgehead atoms. The van der Waals surface area contributed by atoms with Crippen LogP contribution in [0.2, 0.25) is 0 Å². The van der Waals surface area contributed by atoms with E-state index in [0.29, 0.717) is 18.3 Å². The van der Waals surface area contributed by atoms with E-state index in [-0.39, 0.29) is 4.90 Å². The molecule has 0 aliphatic rings. The van der Waals surface area contributed by atoms with E-state index in [0.717, 1.165) is 0 Å². The second kappa shape index (κ2) is 4.86. The number of hydrogen-bond donors (Lipinski definition) is 0. The molecule has 0 amide bonds. The van der Waals surface area contributed by atoms with E-state index < -0.39 is 9.05 Å². The second-order valence-corrected chi connectivity index (χ2v) is 6.18. The Bertz CT molecular complexity index is 426. The van der Waals surface area contributed by atoms with Crippen molar-refractivity contribution in [2.75, 3.05) is 6.61 Å². The van der Waals surface area contributed by atoms with Crippen LogP contribution in [0.15, 0.2) is 29.2 Å². The third-order valence-electron chi connectivity index (χ3n) is 1.67. The number of halogens is 1. The first kappa shape index (κ1) is 12.3. The molecule has 1 aromatic rings. The maximum absolute atomic E-state index is 11.0. The van der Waals surface area contributed by atoms with Crippen molar-refractivity contribution in [3.8, 4) is 5.75 Å². The Hall–Kier alpha value is -0.740. The zero-order chi connectivity index (χ0) is 11.5. The van der Waals surface area contributed by atoms with Crippen LogP contribution in [-0.2, 0) is 9.05 Å². The van der Waals surface area contributed by atoms with Gasteiger partial charge in [0.05, 0.1) is 11.5 Å². The molecule has 0 saturated carbocycles. The van der Waals surface area contributed by atoms with Gasteiger partial charge in [0.1, 0.15) is 5.75 Å². The number of ether oxygens (including phenoxy) is 1. The highest BCUT2D eigenvalue weighted by Crippen LogP contribution is 2.20. The van der Waals surface area contributed by atoms with Crippen LogP contribution in [0.4, 0.5) is 0 Å². The van der Waals surface area contributed by atoms with Crippen LogP contribution >= 0.6 is 10.7 Å². The molecule has 0 N–H and O–H groups in total. The van der Waals surface area contributed by atoms with Crippen molar-refractivity contribution in [3.05, 3.63) is 24.3 Å². The Morgan fingerprint density at radius 3 is 2.60 bits per heavy atom. The molecule has 0 aromatic heterocycles. The minimum Gasteiger partial charge on any atom is -0.493 e. The van der Waals surface area contributed by atoms with Gasteiger partial charge in [0, 0.05) is 16.7 Å². The van der Waals surface area contributed by atoms with Crippen molar-refractivity contribution in [3.63, 3.8) is 0 Å². The van der Waals surface area contributed by atoms with E-state index in [1.807, 2.05) is 13.8 Å². The molecule has 84 valence electrons. The molecule has 1 rings (SSSR count). The average molecular weight is 249 g/mol. The summed E-state index contributed by atoms with van der Waals surface area (Å²) < 4.78 is 27.4. The maximum Gasteiger partial charge on any atom is 0.261 e. The molecule has 0 fully saturated rings. The third kappa shape index (κ3) is 4.10. The number of benzene rings is 1. The zero-order valence-electron chi connectivity index (χ0n) is 8.60. The molecule has 0 aliphatic heterocycles. The minimum absolute atomic E-state index is 0.0606. The quantitative estimate of drug-likeness (QED) is 0.770. The van der Waals surface area contributed by atoms with Gasteiger partial charge in [0.25, 0.3) is 9.05 Å². The van der Waals surface area contributed by atoms with E-state index in [9.17, 15) is 8.42 Å². The molecule has 0 unspecified atom stereocenters. The zero-order valence-corrected chi connectivity index (χ0v) is 10.2. The summed E-state index contributed by atoms with van der Waals surface area (Å²) in [5.74, 6) is 0.909. The predicted octanol–water partition coefficient (Wildman–Crippen LogP) is 2.65. The van der Waals surface area contributed by atoms with Gasteiger partial charge in [-0.05, 0) is 18.1 Å². The average Bonchev–Trinajstić information content (AvgIpc) is 2.14. The molecule has 1 aromatic carbocycles. The summed E-state index contributed by atoms with van der Waals surface area (Å²) in [4.78, 5) is 0.0606. The lowest BCUT2D eigenvalue weighted by molar-refractivity contribution is 0.270. The van der Waals surface area contributed by atoms with Crippen molar-refractivity contribution in [1.82, 2.24) is 0 Å². The Kier molecular flexibility index (Phi) is 3.99. The summed E-state index contributed by atoms with van der Waals surface area (Å²) in [7, 11) is 1.54. The van der Waals surface area contributed by atoms with Crippen molar-refractivity contribution in [2.24, 2.45) is 5.92 Å². The fraction of sp³-hybridized carbons (Fsp3) is 0.400. The van der Waals surface area contributed by atoms with Crippen LogP contribution in [0, 0.1) is 5.92 Å². The molecule has 15 heavy (non-hydrogen) atoms. The topological polar surface area (TPSA) is 43.4 Å². The lowest BCUT2D eigenvalue weighted by atomic mass is 10.2. The van der Waals surface area contributed by atoms with Gasteiger partial charge in [-0.15, -0.1) is 0 Å². The fourth-order valence-electron chi connectivity index (χ4n) is 0.979. The van der Waals surface area contributed by atoms with Gasteiger partial charge in [-0.3, -0.25) is 0 Å². The summed E-state index contributed by atoms with van der Waals surface area (Å²) in [5.41, 5.74) is 0. The molecule has 0 saturated heterocycles. The van der Waals surface area contributed by atoms with Crippen LogP contribution in [0.5, 0.6) is 5.75 Å². The summed E-state index contributed by atoms with van der Waals surface area (Å²) >= 11 is 0. The van der Waals surface area contributed by atoms with Gasteiger partial charge in [-0.25, -0.2) is 8.42 Å². The second-order valence-electron chi connectivity index (χ2n) is 3.62. The van der Waals surface area contributed by atoms with Crippen LogP contribution in [0.1, 0.15) is 13.8 Å². The lowest BCUT2D eigenvalue weighted by Crippen LogP contribution is -2.04. The monoisotopic (exact) mass is 248 g/mol. The minimum atomic E-state index is -3.67. The molecule has 0 aliphatic carbocycles. The van der Waals surface area contributed by atoms with E-state index in [1.165, 1.54) is 12.1 Å². The summed E-state index contributed by atoms with van der Waals surface area (Å²) in [6.45, 7) is 4.58. The Balaban J connectivity index is 2.84. The molecular formula is C10H13ClO3S. The highest BCUT2D eigenvalue weighted by atomic mass is 35.7. The standard InChI is InChI=1S/C10H13ClO3S/c1-8(2)7-14-9-4-3-5-10(6-9)15(11,12)13/h3-6,8H,7H2,1-2H3. The van der Waals surface area contributed by atoms with Crippen molar-refractivity contribution in [2.45, 2.75) is 18.7 Å². The van der Waals surface area contributed by atoms with Crippen LogP contribution in [0.25, 0.3) is 0 Å². The van der Waals surface area contributed by atoms with Crippen molar-refractivity contribution >= 4 is 19.7 Å². The molecule has 0 atom stereocenters. The molecule has 0 heterocycles. The molecule has 0 radical (unpaired) electrons. The summed E-state index contributed by atoms with van der Waals surface area (Å²) in [5, 5.41) is 0. The fourth-order valence-corrected chi connectivity index (χ4v) is 1.76. The first-order valence-electron chi connectivity index (χ1n) is 4.57. The largest absolute Gasteiger partial charge is 0.493 e. The van der Waals surface area contributed by atoms with Gasteiger partial charge in [-0.1, -0.05) is 19.9 Å². The van der Waals surface area contributed by atoms with Crippen molar-refractivity contribution < 1.29 is 13.2 Å². The van der Waals surface area contributed by atoms with Gasteiger partial charge in [-0.2, -0.15) is 0 Å². The van der Waals surface area contributed by atoms with Gasteiger partial charge in [0.2, 0.25) is 0 Å². The van der Waals surface area contributed by atoms with Crippen LogP contribution in [-0.4, -0.2) is 15.0 Å². The van der Waals surface area contributed by atoms with E-state index in [2.05, 4.69) is 0 Å². The Morgan fingerprint density at radius 2 is 2.07 bits per heavy atom. The maximum atomic E-state index is 11.0. The normalized spacial score (nSPS) is 11.7. The molecule has 5 heteroatoms. The van der Waals surface area contributed by atoms with E-state index in [1.54, 1.807) is 12.1 Å². The number of rotatable bonds is 4. The Labute approximate surface area is 94.4 Å². The van der Waals surface area contributed by atoms with Gasteiger partial charge in [0.15, 0.2) is 0 Å². The highest BCUT2D eigenvalue weighted by molar-refractivity contribution is 8.13. The summed E-state index contributed by atoms with van der Waals surface area (Å²) in [6, 6.07) is 6.16. The van der Waals surface area contributed by atoms with E-state index >= 15 is 0 Å². The SMILES string of the molecule is CC(C)COc1cccc(S(=O)(=O)Cl)c1. The predicted molar refractivity (Wildman–Crippen MR) is 59.8 cm³/mol. The molecule has 3 nitrogen and oxygen atoms in total. The van der Waals surface area contributed by atoms with Crippen molar-refractivity contribution in [1.29, 1.82) is 0 Å².